The quantitative estimate of drug-likeness (QED) is 0.831. The highest BCUT2D eigenvalue weighted by Crippen LogP contribution is 2.12. The van der Waals surface area contributed by atoms with Gasteiger partial charge in [0, 0.05) is 0 Å². The maximum atomic E-state index is 11.5. The second-order valence-electron chi connectivity index (χ2n) is 2.97. The zero-order chi connectivity index (χ0) is 11.5. The number of sulfonamides is 1. The Balaban J connectivity index is 2.86. The van der Waals surface area contributed by atoms with Crippen LogP contribution < -0.4 is 4.72 Å². The van der Waals surface area contributed by atoms with Crippen LogP contribution in [0, 0.1) is 18.3 Å². The summed E-state index contributed by atoms with van der Waals surface area (Å²) in [6.45, 7) is 3.29. The van der Waals surface area contributed by atoms with Crippen LogP contribution in [0.4, 0.5) is 6.01 Å². The van der Waals surface area contributed by atoms with Crippen molar-refractivity contribution in [2.24, 2.45) is 0 Å². The van der Waals surface area contributed by atoms with E-state index < -0.39 is 15.3 Å². The largest absolute Gasteiger partial charge is 0.431 e. The Morgan fingerprint density at radius 1 is 1.73 bits per heavy atom. The van der Waals surface area contributed by atoms with Crippen molar-refractivity contribution in [1.82, 2.24) is 4.98 Å². The molecule has 82 valence electrons. The fourth-order valence-corrected chi connectivity index (χ4v) is 2.03. The summed E-state index contributed by atoms with van der Waals surface area (Å²) in [5.74, 6) is 0. The second kappa shape index (κ2) is 4.31. The van der Waals surface area contributed by atoms with Gasteiger partial charge in [-0.3, -0.25) is 0 Å². The number of aryl methyl sites for hydroxylation is 1. The van der Waals surface area contributed by atoms with Crippen LogP contribution in [0.3, 0.4) is 0 Å². The summed E-state index contributed by atoms with van der Waals surface area (Å²) in [5.41, 5.74) is 0.567. The first-order chi connectivity index (χ1) is 6.99. The van der Waals surface area contributed by atoms with Crippen molar-refractivity contribution in [1.29, 1.82) is 5.26 Å². The third-order valence-corrected chi connectivity index (χ3v) is 3.38. The van der Waals surface area contributed by atoms with Crippen molar-refractivity contribution in [3.63, 3.8) is 0 Å². The minimum absolute atomic E-state index is 0.110. The maximum Gasteiger partial charge on any atom is 0.308 e. The zero-order valence-electron chi connectivity index (χ0n) is 8.39. The molecule has 0 saturated carbocycles. The van der Waals surface area contributed by atoms with Crippen molar-refractivity contribution in [2.75, 3.05) is 4.72 Å². The van der Waals surface area contributed by atoms with E-state index in [2.05, 4.69) is 9.71 Å². The molecule has 0 spiro atoms. The Morgan fingerprint density at radius 3 is 2.80 bits per heavy atom. The molecule has 1 aromatic rings. The molecule has 0 fully saturated rings. The highest BCUT2D eigenvalue weighted by molar-refractivity contribution is 7.93. The van der Waals surface area contributed by atoms with Crippen LogP contribution in [-0.2, 0) is 10.0 Å². The van der Waals surface area contributed by atoms with E-state index in [9.17, 15) is 8.42 Å². The third kappa shape index (κ3) is 2.70. The molecule has 1 rings (SSSR count). The van der Waals surface area contributed by atoms with Crippen LogP contribution >= 0.6 is 0 Å². The average Bonchev–Trinajstić information content (AvgIpc) is 2.51. The zero-order valence-corrected chi connectivity index (χ0v) is 9.21. The molecule has 6 nitrogen and oxygen atoms in total. The van der Waals surface area contributed by atoms with Gasteiger partial charge in [-0.25, -0.2) is 13.1 Å². The van der Waals surface area contributed by atoms with E-state index in [0.29, 0.717) is 5.69 Å². The Labute approximate surface area is 88.0 Å². The fourth-order valence-electron chi connectivity index (χ4n) is 0.974. The van der Waals surface area contributed by atoms with Gasteiger partial charge < -0.3 is 4.42 Å². The van der Waals surface area contributed by atoms with Crippen molar-refractivity contribution in [3.05, 3.63) is 12.0 Å². The van der Waals surface area contributed by atoms with E-state index in [-0.39, 0.29) is 12.4 Å². The molecule has 1 unspecified atom stereocenters. The molecule has 0 saturated heterocycles. The van der Waals surface area contributed by atoms with Gasteiger partial charge in [0.05, 0.1) is 11.8 Å². The van der Waals surface area contributed by atoms with Crippen LogP contribution in [0.5, 0.6) is 0 Å². The van der Waals surface area contributed by atoms with E-state index in [1.165, 1.54) is 6.26 Å². The standard InChI is InChI=1S/C8H11N3O3S/c1-3-7(4-9)15(12,13)11-8-10-6(2)5-14-8/h5,7H,3H2,1-2H3,(H,10,11). The number of nitriles is 1. The fraction of sp³-hybridized carbons (Fsp3) is 0.500. The minimum Gasteiger partial charge on any atom is -0.431 e. The minimum atomic E-state index is -3.73. The van der Waals surface area contributed by atoms with Gasteiger partial charge in [-0.2, -0.15) is 10.2 Å². The van der Waals surface area contributed by atoms with E-state index in [1.54, 1.807) is 19.9 Å². The topological polar surface area (TPSA) is 96.0 Å². The van der Waals surface area contributed by atoms with Crippen LogP contribution in [0.25, 0.3) is 0 Å². The van der Waals surface area contributed by atoms with Gasteiger partial charge >= 0.3 is 6.01 Å². The van der Waals surface area contributed by atoms with Crippen LogP contribution in [0.1, 0.15) is 19.0 Å². The lowest BCUT2D eigenvalue weighted by Crippen LogP contribution is -2.26. The highest BCUT2D eigenvalue weighted by atomic mass is 32.2. The lowest BCUT2D eigenvalue weighted by molar-refractivity contribution is 0.566. The number of oxazole rings is 1. The molecular weight excluding hydrogens is 218 g/mol. The number of hydrogen-bond acceptors (Lipinski definition) is 5. The number of rotatable bonds is 4. The first kappa shape index (κ1) is 11.5. The molecule has 1 N–H and O–H groups in total. The Kier molecular flexibility index (Phi) is 3.31. The van der Waals surface area contributed by atoms with Gasteiger partial charge in [0.1, 0.15) is 6.26 Å². The molecule has 0 bridgehead atoms. The summed E-state index contributed by atoms with van der Waals surface area (Å²) in [6, 6.07) is 1.59. The first-order valence-corrected chi connectivity index (χ1v) is 5.87. The van der Waals surface area contributed by atoms with Crippen molar-refractivity contribution in [3.8, 4) is 6.07 Å². The van der Waals surface area contributed by atoms with Gasteiger partial charge in [-0.05, 0) is 13.3 Å². The molecule has 0 aliphatic rings. The predicted octanol–water partition coefficient (Wildman–Crippen LogP) is 1.03. The van der Waals surface area contributed by atoms with Gasteiger partial charge in [0.15, 0.2) is 5.25 Å². The monoisotopic (exact) mass is 229 g/mol. The highest BCUT2D eigenvalue weighted by Gasteiger charge is 2.24. The van der Waals surface area contributed by atoms with Crippen LogP contribution in [0.2, 0.25) is 0 Å². The van der Waals surface area contributed by atoms with Gasteiger partial charge in [-0.15, -0.1) is 0 Å². The van der Waals surface area contributed by atoms with Crippen molar-refractivity contribution >= 4 is 16.0 Å². The molecule has 1 heterocycles. The molecule has 1 atom stereocenters. The number of anilines is 1. The molecule has 0 aliphatic carbocycles. The first-order valence-electron chi connectivity index (χ1n) is 4.33. The van der Waals surface area contributed by atoms with Crippen molar-refractivity contribution in [2.45, 2.75) is 25.5 Å². The molecule has 0 aromatic carbocycles. The third-order valence-electron chi connectivity index (χ3n) is 1.74. The molecule has 0 aliphatic heterocycles. The summed E-state index contributed by atoms with van der Waals surface area (Å²) < 4.78 is 30.0. The lowest BCUT2D eigenvalue weighted by atomic mass is 10.4. The van der Waals surface area contributed by atoms with Crippen LogP contribution in [0.15, 0.2) is 10.7 Å². The smallest absolute Gasteiger partial charge is 0.308 e. The van der Waals surface area contributed by atoms with Gasteiger partial charge in [-0.1, -0.05) is 6.92 Å². The summed E-state index contributed by atoms with van der Waals surface area (Å²) in [5, 5.41) is 7.53. The Bertz CT molecular complexity index is 472. The van der Waals surface area contributed by atoms with Gasteiger partial charge in [0.25, 0.3) is 10.0 Å². The molecule has 0 amide bonds. The van der Waals surface area contributed by atoms with Crippen molar-refractivity contribution < 1.29 is 12.8 Å². The maximum absolute atomic E-state index is 11.5. The molecular formula is C8H11N3O3S. The summed E-state index contributed by atoms with van der Waals surface area (Å²) in [6.07, 6.45) is 1.54. The second-order valence-corrected chi connectivity index (χ2v) is 4.83. The predicted molar refractivity (Wildman–Crippen MR) is 53.5 cm³/mol. The Morgan fingerprint density at radius 2 is 2.40 bits per heavy atom. The van der Waals surface area contributed by atoms with E-state index >= 15 is 0 Å². The summed E-state index contributed by atoms with van der Waals surface area (Å²) in [4.78, 5) is 3.78. The number of nitrogens with zero attached hydrogens (tertiary/aromatic N) is 2. The van der Waals surface area contributed by atoms with E-state index in [1.807, 2.05) is 0 Å². The summed E-state index contributed by atoms with van der Waals surface area (Å²) >= 11 is 0. The van der Waals surface area contributed by atoms with Crippen LogP contribution in [-0.4, -0.2) is 18.7 Å². The SMILES string of the molecule is CCC(C#N)S(=O)(=O)Nc1nc(C)co1. The number of nitrogens with one attached hydrogen (secondary N) is 1. The normalized spacial score (nSPS) is 13.1. The number of hydrogen-bond donors (Lipinski definition) is 1. The molecule has 1 aromatic heterocycles. The average molecular weight is 229 g/mol. The molecule has 15 heavy (non-hydrogen) atoms. The number of aromatic nitrogens is 1. The molecule has 7 heteroatoms. The van der Waals surface area contributed by atoms with E-state index in [4.69, 9.17) is 9.68 Å². The molecule has 0 radical (unpaired) electrons. The van der Waals surface area contributed by atoms with E-state index in [0.717, 1.165) is 0 Å². The van der Waals surface area contributed by atoms with Gasteiger partial charge in [0.2, 0.25) is 0 Å². The lowest BCUT2D eigenvalue weighted by Gasteiger charge is -2.07. The Hall–Kier alpha value is -1.55. The summed E-state index contributed by atoms with van der Waals surface area (Å²) in [7, 11) is -3.73.